The van der Waals surface area contributed by atoms with Crippen molar-refractivity contribution in [3.8, 4) is 0 Å². The molecule has 0 amide bonds. The van der Waals surface area contributed by atoms with Gasteiger partial charge in [0.15, 0.2) is 0 Å². The first-order valence-corrected chi connectivity index (χ1v) is 7.74. The normalized spacial score (nSPS) is 18.5. The Hall–Kier alpha value is -0.900. The molecule has 1 aromatic rings. The van der Waals surface area contributed by atoms with Crippen molar-refractivity contribution in [2.24, 2.45) is 11.7 Å². The summed E-state index contributed by atoms with van der Waals surface area (Å²) >= 11 is 0. The lowest BCUT2D eigenvalue weighted by atomic mass is 9.88. The van der Waals surface area contributed by atoms with Crippen molar-refractivity contribution in [1.82, 2.24) is 4.90 Å². The molecule has 0 aliphatic heterocycles. The summed E-state index contributed by atoms with van der Waals surface area (Å²) in [6.45, 7) is 6.61. The number of benzene rings is 1. The van der Waals surface area contributed by atoms with Crippen LogP contribution in [0.1, 0.15) is 38.7 Å². The second kappa shape index (κ2) is 6.70. The minimum atomic E-state index is -0.620. The monoisotopic (exact) mass is 276 g/mol. The van der Waals surface area contributed by atoms with Crippen LogP contribution in [-0.4, -0.2) is 35.7 Å². The molecule has 3 N–H and O–H groups in total. The van der Waals surface area contributed by atoms with Gasteiger partial charge in [-0.25, -0.2) is 0 Å². The number of aliphatic hydroxyl groups is 1. The van der Waals surface area contributed by atoms with Crippen molar-refractivity contribution in [2.45, 2.75) is 44.7 Å². The van der Waals surface area contributed by atoms with Crippen LogP contribution < -0.4 is 5.73 Å². The predicted octanol–water partition coefficient (Wildman–Crippen LogP) is 2.34. The molecule has 0 radical (unpaired) electrons. The number of rotatable bonds is 8. The van der Waals surface area contributed by atoms with Crippen LogP contribution in [-0.2, 0) is 5.54 Å². The SMILES string of the molecule is CC(C)CN(CCC(N)(CO)c1ccccc1)C1CC1. The van der Waals surface area contributed by atoms with Crippen molar-refractivity contribution in [3.05, 3.63) is 35.9 Å². The molecule has 1 aliphatic carbocycles. The quantitative estimate of drug-likeness (QED) is 0.766. The van der Waals surface area contributed by atoms with Gasteiger partial charge in [0.2, 0.25) is 0 Å². The van der Waals surface area contributed by atoms with Gasteiger partial charge < -0.3 is 15.7 Å². The maximum absolute atomic E-state index is 9.74. The van der Waals surface area contributed by atoms with E-state index in [0.29, 0.717) is 5.92 Å². The van der Waals surface area contributed by atoms with E-state index < -0.39 is 5.54 Å². The van der Waals surface area contributed by atoms with Gasteiger partial charge in [0.1, 0.15) is 0 Å². The second-order valence-electron chi connectivity index (χ2n) is 6.55. The fourth-order valence-electron chi connectivity index (χ4n) is 2.76. The third kappa shape index (κ3) is 4.05. The summed E-state index contributed by atoms with van der Waals surface area (Å²) in [6.07, 6.45) is 3.43. The third-order valence-corrected chi connectivity index (χ3v) is 4.14. The van der Waals surface area contributed by atoms with E-state index in [1.54, 1.807) is 0 Å². The maximum atomic E-state index is 9.74. The first-order chi connectivity index (χ1) is 9.55. The van der Waals surface area contributed by atoms with Gasteiger partial charge in [-0.2, -0.15) is 0 Å². The highest BCUT2D eigenvalue weighted by atomic mass is 16.3. The molecule has 2 rings (SSSR count). The van der Waals surface area contributed by atoms with Gasteiger partial charge in [-0.05, 0) is 30.7 Å². The van der Waals surface area contributed by atoms with Crippen molar-refractivity contribution in [3.63, 3.8) is 0 Å². The lowest BCUT2D eigenvalue weighted by Crippen LogP contribution is -2.44. The van der Waals surface area contributed by atoms with Crippen LogP contribution in [0.5, 0.6) is 0 Å². The highest BCUT2D eigenvalue weighted by Gasteiger charge is 2.32. The minimum absolute atomic E-state index is 0.00278. The number of nitrogens with zero attached hydrogens (tertiary/aromatic N) is 1. The number of nitrogens with two attached hydrogens (primary N) is 1. The van der Waals surface area contributed by atoms with Crippen LogP contribution >= 0.6 is 0 Å². The van der Waals surface area contributed by atoms with E-state index in [2.05, 4.69) is 18.7 Å². The van der Waals surface area contributed by atoms with Crippen molar-refractivity contribution >= 4 is 0 Å². The van der Waals surface area contributed by atoms with E-state index in [-0.39, 0.29) is 6.61 Å². The Morgan fingerprint density at radius 1 is 1.30 bits per heavy atom. The number of aliphatic hydroxyl groups excluding tert-OH is 1. The average Bonchev–Trinajstić information content (AvgIpc) is 3.28. The van der Waals surface area contributed by atoms with Crippen LogP contribution in [0, 0.1) is 5.92 Å². The Kier molecular flexibility index (Phi) is 5.19. The Labute approximate surface area is 122 Å². The molecule has 0 heterocycles. The summed E-state index contributed by atoms with van der Waals surface area (Å²) < 4.78 is 0. The van der Waals surface area contributed by atoms with E-state index in [4.69, 9.17) is 5.73 Å². The Morgan fingerprint density at radius 3 is 2.45 bits per heavy atom. The van der Waals surface area contributed by atoms with Crippen molar-refractivity contribution < 1.29 is 5.11 Å². The summed E-state index contributed by atoms with van der Waals surface area (Å²) in [7, 11) is 0. The summed E-state index contributed by atoms with van der Waals surface area (Å²) in [4.78, 5) is 2.55. The molecule has 3 nitrogen and oxygen atoms in total. The maximum Gasteiger partial charge on any atom is 0.0656 e. The standard InChI is InChI=1S/C17H28N2O/c1-14(2)12-19(16-8-9-16)11-10-17(18,13-20)15-6-4-3-5-7-15/h3-7,14,16,20H,8-13,18H2,1-2H3. The molecule has 1 fully saturated rings. The average molecular weight is 276 g/mol. The molecular formula is C17H28N2O. The van der Waals surface area contributed by atoms with Crippen LogP contribution in [0.4, 0.5) is 0 Å². The molecular weight excluding hydrogens is 248 g/mol. The molecule has 0 aromatic heterocycles. The van der Waals surface area contributed by atoms with E-state index in [9.17, 15) is 5.11 Å². The fourth-order valence-corrected chi connectivity index (χ4v) is 2.76. The molecule has 20 heavy (non-hydrogen) atoms. The second-order valence-corrected chi connectivity index (χ2v) is 6.55. The molecule has 0 bridgehead atoms. The van der Waals surface area contributed by atoms with Gasteiger partial charge in [0.25, 0.3) is 0 Å². The molecule has 1 saturated carbocycles. The molecule has 1 unspecified atom stereocenters. The van der Waals surface area contributed by atoms with Gasteiger partial charge in [0.05, 0.1) is 12.1 Å². The zero-order valence-corrected chi connectivity index (χ0v) is 12.8. The first-order valence-electron chi connectivity index (χ1n) is 7.74. The summed E-state index contributed by atoms with van der Waals surface area (Å²) in [5.41, 5.74) is 6.85. The number of hydrogen-bond donors (Lipinski definition) is 2. The van der Waals surface area contributed by atoms with Crippen LogP contribution in [0.3, 0.4) is 0 Å². The summed E-state index contributed by atoms with van der Waals surface area (Å²) in [5, 5.41) is 9.74. The molecule has 0 saturated heterocycles. The smallest absolute Gasteiger partial charge is 0.0656 e. The zero-order chi connectivity index (χ0) is 14.6. The van der Waals surface area contributed by atoms with Gasteiger partial charge in [-0.1, -0.05) is 44.2 Å². The zero-order valence-electron chi connectivity index (χ0n) is 12.8. The van der Waals surface area contributed by atoms with E-state index in [1.165, 1.54) is 12.8 Å². The molecule has 1 aliphatic rings. The lowest BCUT2D eigenvalue weighted by molar-refractivity contribution is 0.154. The van der Waals surface area contributed by atoms with Gasteiger partial charge in [-0.15, -0.1) is 0 Å². The van der Waals surface area contributed by atoms with Gasteiger partial charge >= 0.3 is 0 Å². The van der Waals surface area contributed by atoms with E-state index >= 15 is 0 Å². The van der Waals surface area contributed by atoms with Crippen molar-refractivity contribution in [1.29, 1.82) is 0 Å². The molecule has 0 spiro atoms. The molecule has 3 heteroatoms. The molecule has 1 aromatic carbocycles. The molecule has 1 atom stereocenters. The Balaban J connectivity index is 1.98. The fraction of sp³-hybridized carbons (Fsp3) is 0.647. The number of hydrogen-bond acceptors (Lipinski definition) is 3. The van der Waals surface area contributed by atoms with Crippen LogP contribution in [0.2, 0.25) is 0 Å². The van der Waals surface area contributed by atoms with Gasteiger partial charge in [0, 0.05) is 19.1 Å². The highest BCUT2D eigenvalue weighted by molar-refractivity contribution is 5.24. The van der Waals surface area contributed by atoms with Crippen LogP contribution in [0.25, 0.3) is 0 Å². The van der Waals surface area contributed by atoms with Crippen LogP contribution in [0.15, 0.2) is 30.3 Å². The summed E-state index contributed by atoms with van der Waals surface area (Å²) in [6, 6.07) is 10.7. The topological polar surface area (TPSA) is 49.5 Å². The Bertz CT molecular complexity index is 403. The van der Waals surface area contributed by atoms with E-state index in [1.807, 2.05) is 30.3 Å². The lowest BCUT2D eigenvalue weighted by Gasteiger charge is -2.32. The van der Waals surface area contributed by atoms with E-state index in [0.717, 1.165) is 31.1 Å². The highest BCUT2D eigenvalue weighted by Crippen LogP contribution is 2.30. The third-order valence-electron chi connectivity index (χ3n) is 4.14. The summed E-state index contributed by atoms with van der Waals surface area (Å²) in [5.74, 6) is 0.675. The Morgan fingerprint density at radius 2 is 1.95 bits per heavy atom. The largest absolute Gasteiger partial charge is 0.394 e. The molecule has 112 valence electrons. The van der Waals surface area contributed by atoms with Gasteiger partial charge in [-0.3, -0.25) is 0 Å². The predicted molar refractivity (Wildman–Crippen MR) is 83.4 cm³/mol. The first kappa shape index (κ1) is 15.5. The van der Waals surface area contributed by atoms with Crippen molar-refractivity contribution in [2.75, 3.05) is 19.7 Å². The minimum Gasteiger partial charge on any atom is -0.394 e.